The third kappa shape index (κ3) is 4.23. The molecule has 30 heavy (non-hydrogen) atoms. The summed E-state index contributed by atoms with van der Waals surface area (Å²) in [4.78, 5) is 23.1. The molecule has 0 radical (unpaired) electrons. The molecule has 1 fully saturated rings. The molecule has 2 heterocycles. The normalized spacial score (nSPS) is 16.5. The summed E-state index contributed by atoms with van der Waals surface area (Å²) < 4.78 is 11.8. The van der Waals surface area contributed by atoms with E-state index in [1.165, 1.54) is 0 Å². The van der Waals surface area contributed by atoms with Crippen molar-refractivity contribution in [3.63, 3.8) is 0 Å². The first-order chi connectivity index (χ1) is 14.6. The van der Waals surface area contributed by atoms with Crippen LogP contribution in [-0.4, -0.2) is 43.2 Å². The predicted octanol–water partition coefficient (Wildman–Crippen LogP) is 3.88. The van der Waals surface area contributed by atoms with E-state index < -0.39 is 0 Å². The number of nitrogens with zero attached hydrogens (tertiary/aromatic N) is 2. The van der Waals surface area contributed by atoms with Crippen LogP contribution < -0.4 is 19.7 Å². The minimum absolute atomic E-state index is 0.0448. The number of para-hydroxylation sites is 1. The van der Waals surface area contributed by atoms with Crippen LogP contribution in [0.2, 0.25) is 0 Å². The molecule has 0 bridgehead atoms. The fraction of sp³-hybridized carbons (Fsp3) is 0.364. The highest BCUT2D eigenvalue weighted by molar-refractivity contribution is 9.10. The molecule has 1 amide bonds. The van der Waals surface area contributed by atoms with Gasteiger partial charge in [0.2, 0.25) is 11.9 Å². The molecule has 0 aliphatic carbocycles. The van der Waals surface area contributed by atoms with E-state index in [4.69, 9.17) is 14.5 Å². The van der Waals surface area contributed by atoms with Gasteiger partial charge in [-0.3, -0.25) is 4.79 Å². The number of amides is 1. The molecule has 1 aliphatic heterocycles. The Bertz CT molecular complexity index is 1050. The van der Waals surface area contributed by atoms with Crippen molar-refractivity contribution in [1.29, 1.82) is 0 Å². The summed E-state index contributed by atoms with van der Waals surface area (Å²) in [6, 6.07) is 11.6. The zero-order valence-corrected chi connectivity index (χ0v) is 18.7. The van der Waals surface area contributed by atoms with Crippen molar-refractivity contribution in [3.8, 4) is 11.5 Å². The van der Waals surface area contributed by atoms with Crippen LogP contribution >= 0.6 is 15.9 Å². The van der Waals surface area contributed by atoms with Gasteiger partial charge in [0.25, 0.3) is 0 Å². The second kappa shape index (κ2) is 8.95. The molecule has 0 spiro atoms. The zero-order chi connectivity index (χ0) is 21.1. The van der Waals surface area contributed by atoms with E-state index >= 15 is 0 Å². The highest BCUT2D eigenvalue weighted by Crippen LogP contribution is 2.31. The first-order valence-corrected chi connectivity index (χ1v) is 10.8. The average molecular weight is 473 g/mol. The number of hydrogen-bond acceptors (Lipinski definition) is 5. The number of carbonyl (C=O) groups is 1. The SMILES string of the molecule is COc1cccc(CNC(=O)[C@H]2CCCN(c3nc4ccc(Br)cc4[nH]3)C2)c1OC. The lowest BCUT2D eigenvalue weighted by Crippen LogP contribution is -2.43. The summed E-state index contributed by atoms with van der Waals surface area (Å²) >= 11 is 3.49. The smallest absolute Gasteiger partial charge is 0.225 e. The van der Waals surface area contributed by atoms with Crippen molar-refractivity contribution in [2.45, 2.75) is 19.4 Å². The number of benzene rings is 2. The lowest BCUT2D eigenvalue weighted by atomic mass is 9.97. The van der Waals surface area contributed by atoms with Crippen LogP contribution in [0.5, 0.6) is 11.5 Å². The molecule has 4 rings (SSSR count). The number of hydrogen-bond donors (Lipinski definition) is 2. The van der Waals surface area contributed by atoms with Crippen molar-refractivity contribution in [3.05, 3.63) is 46.4 Å². The van der Waals surface area contributed by atoms with Crippen LogP contribution in [-0.2, 0) is 11.3 Å². The molecule has 0 unspecified atom stereocenters. The maximum absolute atomic E-state index is 12.9. The number of fused-ring (bicyclic) bond motifs is 1. The van der Waals surface area contributed by atoms with Crippen molar-refractivity contribution >= 4 is 38.8 Å². The standard InChI is InChI=1S/C22H25BrN4O3/c1-29-19-7-3-5-14(20(19)30-2)12-24-21(28)15-6-4-10-27(13-15)22-25-17-9-8-16(23)11-18(17)26-22/h3,5,7-9,11,15H,4,6,10,12-13H2,1-2H3,(H,24,28)(H,25,26)/t15-/m0/s1. The lowest BCUT2D eigenvalue weighted by Gasteiger charge is -2.31. The molecule has 0 saturated carbocycles. The topological polar surface area (TPSA) is 79.5 Å². The van der Waals surface area contributed by atoms with Gasteiger partial charge in [-0.25, -0.2) is 4.98 Å². The summed E-state index contributed by atoms with van der Waals surface area (Å²) in [5, 5.41) is 3.06. The van der Waals surface area contributed by atoms with Gasteiger partial charge in [-0.2, -0.15) is 0 Å². The number of imidazole rings is 1. The number of aromatic nitrogens is 2. The number of aromatic amines is 1. The number of anilines is 1. The third-order valence-corrected chi connectivity index (χ3v) is 5.95. The first-order valence-electron chi connectivity index (χ1n) is 9.97. The van der Waals surface area contributed by atoms with Gasteiger partial charge in [0.1, 0.15) is 0 Å². The fourth-order valence-corrected chi connectivity index (χ4v) is 4.28. The highest BCUT2D eigenvalue weighted by Gasteiger charge is 2.27. The average Bonchev–Trinajstić information content (AvgIpc) is 3.20. The second-order valence-corrected chi connectivity index (χ2v) is 8.29. The Labute approximate surface area is 183 Å². The Morgan fingerprint density at radius 3 is 2.97 bits per heavy atom. The van der Waals surface area contributed by atoms with Crippen LogP contribution in [0, 0.1) is 5.92 Å². The molecular weight excluding hydrogens is 448 g/mol. The molecular formula is C22H25BrN4O3. The van der Waals surface area contributed by atoms with E-state index in [9.17, 15) is 4.79 Å². The van der Waals surface area contributed by atoms with Gasteiger partial charge < -0.3 is 24.7 Å². The van der Waals surface area contributed by atoms with Crippen LogP contribution in [0.3, 0.4) is 0 Å². The molecule has 3 aromatic rings. The van der Waals surface area contributed by atoms with E-state index in [1.54, 1.807) is 14.2 Å². The Morgan fingerprint density at radius 2 is 2.17 bits per heavy atom. The number of rotatable bonds is 6. The number of ether oxygens (including phenoxy) is 2. The summed E-state index contributed by atoms with van der Waals surface area (Å²) in [6.07, 6.45) is 1.81. The minimum Gasteiger partial charge on any atom is -0.493 e. The van der Waals surface area contributed by atoms with Crippen molar-refractivity contribution in [2.24, 2.45) is 5.92 Å². The predicted molar refractivity (Wildman–Crippen MR) is 120 cm³/mol. The maximum Gasteiger partial charge on any atom is 0.225 e. The Balaban J connectivity index is 1.42. The molecule has 1 atom stereocenters. The van der Waals surface area contributed by atoms with Gasteiger partial charge in [-0.05, 0) is 37.1 Å². The number of piperidine rings is 1. The van der Waals surface area contributed by atoms with Crippen molar-refractivity contribution in [2.75, 3.05) is 32.2 Å². The summed E-state index contributed by atoms with van der Waals surface area (Å²) in [6.45, 7) is 1.92. The number of nitrogens with one attached hydrogen (secondary N) is 2. The largest absolute Gasteiger partial charge is 0.493 e. The molecule has 7 nitrogen and oxygen atoms in total. The van der Waals surface area contributed by atoms with Crippen LogP contribution in [0.4, 0.5) is 5.95 Å². The minimum atomic E-state index is -0.0877. The van der Waals surface area contributed by atoms with Gasteiger partial charge >= 0.3 is 0 Å². The van der Waals surface area contributed by atoms with Crippen LogP contribution in [0.25, 0.3) is 11.0 Å². The quantitative estimate of drug-likeness (QED) is 0.568. The molecule has 2 N–H and O–H groups in total. The van der Waals surface area contributed by atoms with Gasteiger partial charge in [0.15, 0.2) is 11.5 Å². The fourth-order valence-electron chi connectivity index (χ4n) is 3.92. The lowest BCUT2D eigenvalue weighted by molar-refractivity contribution is -0.125. The number of methoxy groups -OCH3 is 2. The molecule has 158 valence electrons. The molecule has 1 saturated heterocycles. The Kier molecular flexibility index (Phi) is 6.13. The molecule has 2 aromatic carbocycles. The Morgan fingerprint density at radius 1 is 1.30 bits per heavy atom. The highest BCUT2D eigenvalue weighted by atomic mass is 79.9. The van der Waals surface area contributed by atoms with Crippen molar-refractivity contribution < 1.29 is 14.3 Å². The Hall–Kier alpha value is -2.74. The van der Waals surface area contributed by atoms with Crippen molar-refractivity contribution in [1.82, 2.24) is 15.3 Å². The van der Waals surface area contributed by atoms with E-state index in [0.717, 1.165) is 46.4 Å². The van der Waals surface area contributed by atoms with Crippen LogP contribution in [0.15, 0.2) is 40.9 Å². The monoisotopic (exact) mass is 472 g/mol. The van der Waals surface area contributed by atoms with E-state index in [-0.39, 0.29) is 11.8 Å². The van der Waals surface area contributed by atoms with Crippen LogP contribution in [0.1, 0.15) is 18.4 Å². The van der Waals surface area contributed by atoms with Gasteiger partial charge in [0.05, 0.1) is 31.2 Å². The summed E-state index contributed by atoms with van der Waals surface area (Å²) in [5.41, 5.74) is 2.79. The summed E-state index contributed by atoms with van der Waals surface area (Å²) in [7, 11) is 3.21. The van der Waals surface area contributed by atoms with Gasteiger partial charge in [0, 0.05) is 29.7 Å². The number of halogens is 1. The second-order valence-electron chi connectivity index (χ2n) is 7.38. The first kappa shape index (κ1) is 20.5. The molecule has 8 heteroatoms. The maximum atomic E-state index is 12.9. The molecule has 1 aromatic heterocycles. The third-order valence-electron chi connectivity index (χ3n) is 5.46. The van der Waals surface area contributed by atoms with E-state index in [0.29, 0.717) is 24.6 Å². The van der Waals surface area contributed by atoms with Gasteiger partial charge in [-0.15, -0.1) is 0 Å². The molecule has 1 aliphatic rings. The van der Waals surface area contributed by atoms with Gasteiger partial charge in [-0.1, -0.05) is 28.1 Å². The zero-order valence-electron chi connectivity index (χ0n) is 17.1. The number of H-pyrrole nitrogens is 1. The van der Waals surface area contributed by atoms with E-state index in [1.807, 2.05) is 36.4 Å². The van der Waals surface area contributed by atoms with E-state index in [2.05, 4.69) is 31.1 Å². The number of carbonyl (C=O) groups excluding carboxylic acids is 1. The summed E-state index contributed by atoms with van der Waals surface area (Å²) in [5.74, 6) is 2.08.